The first-order valence-corrected chi connectivity index (χ1v) is 14.1. The van der Waals surface area contributed by atoms with Gasteiger partial charge in [0.25, 0.3) is 5.91 Å². The van der Waals surface area contributed by atoms with Crippen LogP contribution in [0.4, 0.5) is 5.95 Å². The molecule has 1 atom stereocenters. The van der Waals surface area contributed by atoms with Gasteiger partial charge >= 0.3 is 0 Å². The number of oxazole rings is 1. The number of aromatic nitrogens is 3. The molecule has 1 aliphatic rings. The number of fused-ring (bicyclic) bond motifs is 1. The van der Waals surface area contributed by atoms with Crippen LogP contribution in [-0.2, 0) is 17.9 Å². The number of hydrogen-bond acceptors (Lipinski definition) is 8. The Morgan fingerprint density at radius 1 is 1.30 bits per heavy atom. The van der Waals surface area contributed by atoms with Gasteiger partial charge in [0.1, 0.15) is 0 Å². The second-order valence-electron chi connectivity index (χ2n) is 10.7. The zero-order valence-electron chi connectivity index (χ0n) is 22.9. The largest absolute Gasteiger partial charge is 0.440 e. The van der Waals surface area contributed by atoms with Gasteiger partial charge in [-0.1, -0.05) is 12.6 Å². The monoisotopic (exact) mass is 562 g/mol. The van der Waals surface area contributed by atoms with Gasteiger partial charge in [-0.3, -0.25) is 14.9 Å². The van der Waals surface area contributed by atoms with E-state index in [9.17, 15) is 14.7 Å². The lowest BCUT2D eigenvalue weighted by Crippen LogP contribution is -2.37. The average molecular weight is 563 g/mol. The van der Waals surface area contributed by atoms with E-state index in [1.807, 2.05) is 33.7 Å². The quantitative estimate of drug-likeness (QED) is 0.245. The van der Waals surface area contributed by atoms with E-state index in [-0.39, 0.29) is 17.9 Å². The number of likely N-dealkylation sites (tertiary alicyclic amines) is 1. The van der Waals surface area contributed by atoms with Gasteiger partial charge in [0.15, 0.2) is 11.7 Å². The summed E-state index contributed by atoms with van der Waals surface area (Å²) < 4.78 is 7.58. The summed E-state index contributed by atoms with van der Waals surface area (Å²) in [4.78, 5) is 37.9. The normalized spacial score (nSPS) is 15.6. The Hall–Kier alpha value is -3.80. The molecule has 4 aromatic rings. The third-order valence-corrected chi connectivity index (χ3v) is 7.95. The van der Waals surface area contributed by atoms with E-state index < -0.39 is 5.60 Å². The number of benzene rings is 1. The van der Waals surface area contributed by atoms with Crippen LogP contribution in [0.3, 0.4) is 0 Å². The van der Waals surface area contributed by atoms with Crippen LogP contribution in [0.1, 0.15) is 47.8 Å². The van der Waals surface area contributed by atoms with Crippen molar-refractivity contribution >= 4 is 40.1 Å². The molecule has 1 aliphatic heterocycles. The molecular formula is C29H34N6O4S. The van der Waals surface area contributed by atoms with E-state index in [4.69, 9.17) is 9.40 Å². The van der Waals surface area contributed by atoms with Crippen molar-refractivity contribution in [3.8, 4) is 10.6 Å². The Kier molecular flexibility index (Phi) is 7.88. The minimum absolute atomic E-state index is 0.0327. The smallest absolute Gasteiger partial charge is 0.268 e. The Balaban J connectivity index is 1.43. The van der Waals surface area contributed by atoms with Crippen molar-refractivity contribution in [2.24, 2.45) is 0 Å². The number of anilines is 1. The molecule has 0 saturated carbocycles. The Labute approximate surface area is 236 Å². The van der Waals surface area contributed by atoms with E-state index in [1.54, 1.807) is 33.0 Å². The number of aliphatic hydroxyl groups is 1. The predicted octanol–water partition coefficient (Wildman–Crippen LogP) is 4.35. The first-order chi connectivity index (χ1) is 19.1. The van der Waals surface area contributed by atoms with Gasteiger partial charge in [-0.25, -0.2) is 9.97 Å². The zero-order chi connectivity index (χ0) is 28.4. The number of carbonyl (C=O) groups excluding carboxylic acids is 2. The molecule has 1 fully saturated rings. The fraction of sp³-hybridized carbons (Fsp3) is 0.379. The van der Waals surface area contributed by atoms with Gasteiger partial charge < -0.3 is 24.3 Å². The summed E-state index contributed by atoms with van der Waals surface area (Å²) >= 11 is 1.32. The number of thiophene rings is 1. The standard InChI is InChI=1S/C29H34N6O4S/c1-5-26(36)34-12-6-7-20(34)16-35-22-9-8-19(14-30-17-29(3,4)38)13-21(22)32-28(35)33-27(37)25-11-10-24(40-25)23-15-31-18(2)39-23/h5,8-11,13,15,20,30,38H,1,6-7,12,14,16-17H2,2-4H3,(H,32,33,37). The molecule has 0 spiro atoms. The maximum absolute atomic E-state index is 13.3. The van der Waals surface area contributed by atoms with Crippen LogP contribution < -0.4 is 10.6 Å². The van der Waals surface area contributed by atoms with Crippen molar-refractivity contribution in [2.45, 2.75) is 58.3 Å². The summed E-state index contributed by atoms with van der Waals surface area (Å²) in [5.41, 5.74) is 1.80. The van der Waals surface area contributed by atoms with E-state index in [1.165, 1.54) is 17.4 Å². The maximum Gasteiger partial charge on any atom is 0.268 e. The number of imidazole rings is 1. The summed E-state index contributed by atoms with van der Waals surface area (Å²) in [5, 5.41) is 16.3. The minimum Gasteiger partial charge on any atom is -0.440 e. The van der Waals surface area contributed by atoms with E-state index in [0.717, 1.165) is 34.3 Å². The number of carbonyl (C=O) groups is 2. The lowest BCUT2D eigenvalue weighted by molar-refractivity contribution is -0.126. The number of aryl methyl sites for hydroxylation is 1. The molecule has 0 radical (unpaired) electrons. The van der Waals surface area contributed by atoms with Crippen molar-refractivity contribution in [3.63, 3.8) is 0 Å². The molecule has 210 valence electrons. The SMILES string of the molecule is C=CC(=O)N1CCCC1Cn1c(NC(=O)c2ccc(-c3cnc(C)o3)s2)nc2cc(CNCC(C)(C)O)ccc21. The fourth-order valence-electron chi connectivity index (χ4n) is 4.95. The van der Waals surface area contributed by atoms with Crippen LogP contribution in [0, 0.1) is 6.92 Å². The van der Waals surface area contributed by atoms with Crippen LogP contribution in [0.2, 0.25) is 0 Å². The molecule has 5 rings (SSSR count). The molecule has 0 bridgehead atoms. The molecule has 0 aliphatic carbocycles. The van der Waals surface area contributed by atoms with Gasteiger partial charge in [0, 0.05) is 33.1 Å². The van der Waals surface area contributed by atoms with Crippen LogP contribution in [0.5, 0.6) is 0 Å². The topological polar surface area (TPSA) is 126 Å². The molecule has 40 heavy (non-hydrogen) atoms. The summed E-state index contributed by atoms with van der Waals surface area (Å²) in [5.74, 6) is 1.24. The second-order valence-corrected chi connectivity index (χ2v) is 11.8. The first-order valence-electron chi connectivity index (χ1n) is 13.3. The second kappa shape index (κ2) is 11.4. The van der Waals surface area contributed by atoms with Crippen molar-refractivity contribution < 1.29 is 19.1 Å². The average Bonchev–Trinajstić information content (AvgIpc) is 3.70. The van der Waals surface area contributed by atoms with Crippen LogP contribution in [-0.4, -0.2) is 61.1 Å². The summed E-state index contributed by atoms with van der Waals surface area (Å²) in [6.45, 7) is 11.1. The number of hydrogen-bond donors (Lipinski definition) is 3. The van der Waals surface area contributed by atoms with Crippen molar-refractivity contribution in [1.29, 1.82) is 0 Å². The number of rotatable bonds is 10. The molecule has 1 aromatic carbocycles. The third kappa shape index (κ3) is 6.16. The number of nitrogens with zero attached hydrogens (tertiary/aromatic N) is 4. The summed E-state index contributed by atoms with van der Waals surface area (Å²) in [6.07, 6.45) is 4.77. The molecular weight excluding hydrogens is 528 g/mol. The molecule has 1 saturated heterocycles. The van der Waals surface area contributed by atoms with Crippen LogP contribution >= 0.6 is 11.3 Å². The van der Waals surface area contributed by atoms with Gasteiger partial charge in [-0.2, -0.15) is 0 Å². The van der Waals surface area contributed by atoms with Gasteiger partial charge in [0.2, 0.25) is 11.9 Å². The third-order valence-electron chi connectivity index (χ3n) is 6.85. The van der Waals surface area contributed by atoms with E-state index in [0.29, 0.717) is 48.7 Å². The Morgan fingerprint density at radius 3 is 2.85 bits per heavy atom. The van der Waals surface area contributed by atoms with Gasteiger partial charge in [-0.15, -0.1) is 11.3 Å². The molecule has 4 heterocycles. The number of nitrogens with one attached hydrogen (secondary N) is 2. The van der Waals surface area contributed by atoms with E-state index in [2.05, 4.69) is 22.2 Å². The molecule has 2 amide bonds. The van der Waals surface area contributed by atoms with Crippen LogP contribution in [0.25, 0.3) is 21.7 Å². The zero-order valence-corrected chi connectivity index (χ0v) is 23.8. The molecule has 11 heteroatoms. The molecule has 3 aromatic heterocycles. The fourth-order valence-corrected chi connectivity index (χ4v) is 5.80. The van der Waals surface area contributed by atoms with Crippen molar-refractivity contribution in [1.82, 2.24) is 24.8 Å². The number of amides is 2. The molecule has 1 unspecified atom stereocenters. The molecule has 3 N–H and O–H groups in total. The molecule has 10 nitrogen and oxygen atoms in total. The lowest BCUT2D eigenvalue weighted by Gasteiger charge is -2.24. The highest BCUT2D eigenvalue weighted by Crippen LogP contribution is 2.30. The highest BCUT2D eigenvalue weighted by molar-refractivity contribution is 7.17. The van der Waals surface area contributed by atoms with Crippen molar-refractivity contribution in [3.05, 3.63) is 65.5 Å². The lowest BCUT2D eigenvalue weighted by atomic mass is 10.1. The minimum atomic E-state index is -0.812. The maximum atomic E-state index is 13.3. The highest BCUT2D eigenvalue weighted by Gasteiger charge is 2.29. The Morgan fingerprint density at radius 2 is 2.12 bits per heavy atom. The van der Waals surface area contributed by atoms with Crippen LogP contribution in [0.15, 0.2) is 53.6 Å². The Bertz CT molecular complexity index is 1550. The van der Waals surface area contributed by atoms with Crippen molar-refractivity contribution in [2.75, 3.05) is 18.4 Å². The summed E-state index contributed by atoms with van der Waals surface area (Å²) in [6, 6.07) is 9.55. The van der Waals surface area contributed by atoms with E-state index >= 15 is 0 Å². The van der Waals surface area contributed by atoms with Gasteiger partial charge in [-0.05, 0) is 62.6 Å². The first kappa shape index (κ1) is 27.8. The summed E-state index contributed by atoms with van der Waals surface area (Å²) in [7, 11) is 0. The van der Waals surface area contributed by atoms with Gasteiger partial charge in [0.05, 0.1) is 38.6 Å². The predicted molar refractivity (Wildman–Crippen MR) is 155 cm³/mol. The highest BCUT2D eigenvalue weighted by atomic mass is 32.1.